The topological polar surface area (TPSA) is 130 Å². The fraction of sp³-hybridized carbons (Fsp3) is 0.519. The van der Waals surface area contributed by atoms with Crippen LogP contribution < -0.4 is 20.7 Å². The summed E-state index contributed by atoms with van der Waals surface area (Å²) in [6, 6.07) is 6.12. The molecule has 0 unspecified atom stereocenters. The zero-order chi connectivity index (χ0) is 27.2. The SMILES string of the molecule is C[C@@H]1CN(c2nc(C(C)(C)C)c(C3=CCNCC3)cc2C(=O)NS(=O)(=O)c2cccc(N)n2)C(C)(C)C1. The molecule has 2 aliphatic rings. The summed E-state index contributed by atoms with van der Waals surface area (Å²) in [6.45, 7) is 15.0. The zero-order valence-electron chi connectivity index (χ0n) is 22.6. The molecule has 0 radical (unpaired) electrons. The first-order valence-electron chi connectivity index (χ1n) is 12.7. The number of nitrogens with zero attached hydrogens (tertiary/aromatic N) is 3. The van der Waals surface area contributed by atoms with E-state index < -0.39 is 15.9 Å². The molecular formula is C27H38N6O3S. The molecule has 0 bridgehead atoms. The highest BCUT2D eigenvalue weighted by molar-refractivity contribution is 7.90. The van der Waals surface area contributed by atoms with Gasteiger partial charge in [0.2, 0.25) is 0 Å². The number of aromatic nitrogens is 2. The van der Waals surface area contributed by atoms with Gasteiger partial charge in [-0.25, -0.2) is 14.7 Å². The van der Waals surface area contributed by atoms with Crippen molar-refractivity contribution in [1.82, 2.24) is 20.0 Å². The Kier molecular flexibility index (Phi) is 7.11. The molecule has 9 nitrogen and oxygen atoms in total. The van der Waals surface area contributed by atoms with Crippen molar-refractivity contribution in [3.63, 3.8) is 0 Å². The van der Waals surface area contributed by atoms with Gasteiger partial charge in [-0.15, -0.1) is 0 Å². The molecule has 1 atom stereocenters. The Morgan fingerprint density at radius 2 is 1.97 bits per heavy atom. The molecule has 0 spiro atoms. The highest BCUT2D eigenvalue weighted by Crippen LogP contribution is 2.41. The van der Waals surface area contributed by atoms with Gasteiger partial charge in [-0.2, -0.15) is 8.42 Å². The van der Waals surface area contributed by atoms with Crippen LogP contribution in [0.4, 0.5) is 11.6 Å². The van der Waals surface area contributed by atoms with Crippen molar-refractivity contribution in [2.24, 2.45) is 5.92 Å². The Labute approximate surface area is 220 Å². The molecule has 4 heterocycles. The number of rotatable bonds is 5. The van der Waals surface area contributed by atoms with E-state index in [9.17, 15) is 13.2 Å². The predicted molar refractivity (Wildman–Crippen MR) is 147 cm³/mol. The fourth-order valence-corrected chi connectivity index (χ4v) is 6.27. The Hall–Kier alpha value is -2.98. The number of hydrogen-bond donors (Lipinski definition) is 3. The van der Waals surface area contributed by atoms with Crippen molar-refractivity contribution in [1.29, 1.82) is 0 Å². The van der Waals surface area contributed by atoms with Crippen LogP contribution in [0, 0.1) is 5.92 Å². The van der Waals surface area contributed by atoms with E-state index in [-0.39, 0.29) is 27.4 Å². The lowest BCUT2D eigenvalue weighted by atomic mass is 9.84. The monoisotopic (exact) mass is 526 g/mol. The predicted octanol–water partition coefficient (Wildman–Crippen LogP) is 3.48. The molecule has 10 heteroatoms. The summed E-state index contributed by atoms with van der Waals surface area (Å²) >= 11 is 0. The number of pyridine rings is 2. The fourth-order valence-electron chi connectivity index (χ4n) is 5.33. The molecule has 200 valence electrons. The molecule has 2 aromatic rings. The minimum absolute atomic E-state index is 0.0557. The van der Waals surface area contributed by atoms with E-state index in [0.29, 0.717) is 11.7 Å². The maximum Gasteiger partial charge on any atom is 0.281 e. The molecule has 0 saturated carbocycles. The van der Waals surface area contributed by atoms with Crippen molar-refractivity contribution >= 4 is 33.1 Å². The molecule has 37 heavy (non-hydrogen) atoms. The smallest absolute Gasteiger partial charge is 0.281 e. The van der Waals surface area contributed by atoms with Crippen molar-refractivity contribution in [3.05, 3.63) is 47.2 Å². The van der Waals surface area contributed by atoms with Gasteiger partial charge in [0, 0.05) is 29.6 Å². The number of carbonyl (C=O) groups excluding carboxylic acids is 1. The van der Waals surface area contributed by atoms with Crippen LogP contribution in [0.3, 0.4) is 0 Å². The molecular weight excluding hydrogens is 488 g/mol. The van der Waals surface area contributed by atoms with E-state index >= 15 is 0 Å². The number of nitrogens with two attached hydrogens (primary N) is 1. The molecule has 0 aromatic carbocycles. The highest BCUT2D eigenvalue weighted by atomic mass is 32.2. The molecule has 2 aromatic heterocycles. The number of amides is 1. The average molecular weight is 527 g/mol. The minimum atomic E-state index is -4.25. The Bertz CT molecular complexity index is 1340. The largest absolute Gasteiger partial charge is 0.384 e. The summed E-state index contributed by atoms with van der Waals surface area (Å²) in [5.74, 6) is 0.224. The third kappa shape index (κ3) is 5.65. The second kappa shape index (κ2) is 9.72. The molecule has 2 aliphatic heterocycles. The number of sulfonamides is 1. The summed E-state index contributed by atoms with van der Waals surface area (Å²) in [5, 5.41) is 3.02. The van der Waals surface area contributed by atoms with Crippen molar-refractivity contribution in [2.45, 2.75) is 70.4 Å². The number of anilines is 2. The van der Waals surface area contributed by atoms with Crippen LogP contribution in [0.2, 0.25) is 0 Å². The molecule has 0 aliphatic carbocycles. The normalized spacial score (nSPS) is 20.0. The van der Waals surface area contributed by atoms with Crippen LogP contribution in [0.1, 0.15) is 76.0 Å². The van der Waals surface area contributed by atoms with Crippen LogP contribution in [-0.2, 0) is 15.4 Å². The minimum Gasteiger partial charge on any atom is -0.384 e. The summed E-state index contributed by atoms with van der Waals surface area (Å²) in [6.07, 6.45) is 3.85. The first-order valence-corrected chi connectivity index (χ1v) is 14.2. The second-order valence-corrected chi connectivity index (χ2v) is 13.4. The van der Waals surface area contributed by atoms with Gasteiger partial charge in [0.15, 0.2) is 5.03 Å². The first-order chi connectivity index (χ1) is 17.2. The van der Waals surface area contributed by atoms with Crippen LogP contribution in [-0.4, -0.2) is 49.5 Å². The molecule has 1 saturated heterocycles. The van der Waals surface area contributed by atoms with Crippen LogP contribution in [0.5, 0.6) is 0 Å². The van der Waals surface area contributed by atoms with Gasteiger partial charge in [0.05, 0.1) is 11.3 Å². The van der Waals surface area contributed by atoms with E-state index in [2.05, 4.69) is 67.5 Å². The average Bonchev–Trinajstić information content (AvgIpc) is 3.09. The number of nitrogen functional groups attached to an aromatic ring is 1. The van der Waals surface area contributed by atoms with Crippen molar-refractivity contribution in [2.75, 3.05) is 30.3 Å². The standard InChI is InChI=1S/C27H38N6O3S/c1-17-15-27(5,6)33(16-17)24-20(25(34)32-37(35,36)22-9-7-8-21(28)30-22)14-19(18-10-12-29-13-11-18)23(31-24)26(2,3)4/h7-10,14,17,29H,11-13,15-16H2,1-6H3,(H2,28,30)(H,32,34)/t17-/m0/s1. The van der Waals surface area contributed by atoms with E-state index in [4.69, 9.17) is 10.7 Å². The van der Waals surface area contributed by atoms with Gasteiger partial charge in [-0.3, -0.25) is 4.79 Å². The summed E-state index contributed by atoms with van der Waals surface area (Å²) in [5.41, 5.74) is 8.26. The van der Waals surface area contributed by atoms with Crippen LogP contribution >= 0.6 is 0 Å². The van der Waals surface area contributed by atoms with E-state index in [1.54, 1.807) is 0 Å². The van der Waals surface area contributed by atoms with Gasteiger partial charge >= 0.3 is 0 Å². The third-order valence-corrected chi connectivity index (χ3v) is 8.18. The lowest BCUT2D eigenvalue weighted by Crippen LogP contribution is -2.41. The maximum atomic E-state index is 13.7. The molecule has 1 amide bonds. The molecule has 1 fully saturated rings. The van der Waals surface area contributed by atoms with Gasteiger partial charge < -0.3 is 16.0 Å². The molecule has 4 N–H and O–H groups in total. The number of carbonyl (C=O) groups is 1. The number of hydrogen-bond acceptors (Lipinski definition) is 8. The van der Waals surface area contributed by atoms with Gasteiger partial charge in [-0.05, 0) is 62.9 Å². The van der Waals surface area contributed by atoms with Gasteiger partial charge in [0.25, 0.3) is 15.9 Å². The second-order valence-electron chi connectivity index (χ2n) is 11.8. The van der Waals surface area contributed by atoms with E-state index in [1.165, 1.54) is 18.2 Å². The Morgan fingerprint density at radius 3 is 2.54 bits per heavy atom. The van der Waals surface area contributed by atoms with Gasteiger partial charge in [-0.1, -0.05) is 39.8 Å². The third-order valence-electron chi connectivity index (χ3n) is 6.94. The lowest BCUT2D eigenvalue weighted by molar-refractivity contribution is 0.0981. The van der Waals surface area contributed by atoms with Crippen LogP contribution in [0.25, 0.3) is 5.57 Å². The van der Waals surface area contributed by atoms with Crippen molar-refractivity contribution in [3.8, 4) is 0 Å². The summed E-state index contributed by atoms with van der Waals surface area (Å²) in [7, 11) is -4.25. The Balaban J connectivity index is 1.89. The first kappa shape index (κ1) is 27.1. The lowest BCUT2D eigenvalue weighted by Gasteiger charge is -2.36. The van der Waals surface area contributed by atoms with Crippen LogP contribution in [0.15, 0.2) is 35.4 Å². The maximum absolute atomic E-state index is 13.7. The number of nitrogens with one attached hydrogen (secondary N) is 2. The van der Waals surface area contributed by atoms with E-state index in [0.717, 1.165) is 49.3 Å². The molecule has 4 rings (SSSR count). The van der Waals surface area contributed by atoms with Gasteiger partial charge in [0.1, 0.15) is 11.6 Å². The Morgan fingerprint density at radius 1 is 1.24 bits per heavy atom. The van der Waals surface area contributed by atoms with E-state index in [1.807, 2.05) is 6.07 Å². The summed E-state index contributed by atoms with van der Waals surface area (Å²) in [4.78, 5) is 24.9. The quantitative estimate of drug-likeness (QED) is 0.540. The zero-order valence-corrected chi connectivity index (χ0v) is 23.4. The van der Waals surface area contributed by atoms with Crippen molar-refractivity contribution < 1.29 is 13.2 Å². The summed E-state index contributed by atoms with van der Waals surface area (Å²) < 4.78 is 28.4. The highest BCUT2D eigenvalue weighted by Gasteiger charge is 2.40.